The summed E-state index contributed by atoms with van der Waals surface area (Å²) in [6.07, 6.45) is -3.83. The lowest BCUT2D eigenvalue weighted by Gasteiger charge is -2.27. The van der Waals surface area contributed by atoms with Crippen molar-refractivity contribution in [1.82, 2.24) is 19.7 Å². The molecule has 0 atom stereocenters. The molecule has 2 rings (SSSR count). The molecule has 17 heavy (non-hydrogen) atoms. The highest BCUT2D eigenvalue weighted by atomic mass is 19.4. The Kier molecular flexibility index (Phi) is 3.34. The molecule has 8 heteroatoms. The molecule has 2 heterocycles. The smallest absolute Gasteiger partial charge is 0.396 e. The Balaban J connectivity index is 2.11. The van der Waals surface area contributed by atoms with Gasteiger partial charge in [0, 0.05) is 26.2 Å². The minimum Gasteiger partial charge on any atom is -0.396 e. The normalized spacial score (nSPS) is 17.2. The van der Waals surface area contributed by atoms with Crippen LogP contribution >= 0.6 is 0 Å². The molecular formula is C9H13F3N4O. The van der Waals surface area contributed by atoms with Gasteiger partial charge in [0.2, 0.25) is 5.82 Å². The van der Waals surface area contributed by atoms with Crippen LogP contribution in [0, 0.1) is 0 Å². The second-order valence-corrected chi connectivity index (χ2v) is 3.94. The summed E-state index contributed by atoms with van der Waals surface area (Å²) in [6, 6.07) is 0. The van der Waals surface area contributed by atoms with Gasteiger partial charge in [-0.1, -0.05) is 0 Å². The van der Waals surface area contributed by atoms with Crippen molar-refractivity contribution >= 4 is 0 Å². The fourth-order valence-corrected chi connectivity index (χ4v) is 1.90. The zero-order valence-corrected chi connectivity index (χ0v) is 9.11. The third kappa shape index (κ3) is 2.58. The van der Waals surface area contributed by atoms with Gasteiger partial charge in [-0.15, -0.1) is 10.2 Å². The first-order valence-corrected chi connectivity index (χ1v) is 5.35. The first-order valence-electron chi connectivity index (χ1n) is 5.35. The maximum Gasteiger partial charge on any atom is 0.451 e. The van der Waals surface area contributed by atoms with Gasteiger partial charge in [-0.05, 0) is 6.42 Å². The lowest BCUT2D eigenvalue weighted by atomic mass is 10.3. The number of halogens is 3. The molecular weight excluding hydrogens is 237 g/mol. The lowest BCUT2D eigenvalue weighted by molar-refractivity contribution is -0.148. The predicted molar refractivity (Wildman–Crippen MR) is 52.0 cm³/mol. The molecule has 5 nitrogen and oxygen atoms in total. The van der Waals surface area contributed by atoms with E-state index in [1.807, 2.05) is 4.90 Å². The van der Waals surface area contributed by atoms with Gasteiger partial charge < -0.3 is 9.67 Å². The maximum atomic E-state index is 12.5. The number of hydrogen-bond acceptors (Lipinski definition) is 4. The molecule has 0 aliphatic carbocycles. The molecule has 0 saturated carbocycles. The number of nitrogens with zero attached hydrogens (tertiary/aromatic N) is 4. The molecule has 0 unspecified atom stereocenters. The van der Waals surface area contributed by atoms with Crippen molar-refractivity contribution in [3.63, 3.8) is 0 Å². The van der Waals surface area contributed by atoms with E-state index in [-0.39, 0.29) is 13.2 Å². The minimum atomic E-state index is -4.45. The second-order valence-electron chi connectivity index (χ2n) is 3.94. The van der Waals surface area contributed by atoms with Crippen molar-refractivity contribution in [1.29, 1.82) is 0 Å². The van der Waals surface area contributed by atoms with E-state index in [1.54, 1.807) is 0 Å². The largest absolute Gasteiger partial charge is 0.451 e. The van der Waals surface area contributed by atoms with E-state index in [1.165, 1.54) is 0 Å². The van der Waals surface area contributed by atoms with Crippen LogP contribution in [0.5, 0.6) is 0 Å². The Morgan fingerprint density at radius 2 is 2.00 bits per heavy atom. The number of rotatable bonds is 3. The van der Waals surface area contributed by atoms with Crippen molar-refractivity contribution in [2.75, 3.05) is 19.7 Å². The SMILES string of the molecule is OCCCN1CCn2c(nnc2C(F)(F)F)C1. The van der Waals surface area contributed by atoms with Crippen LogP contribution in [0.3, 0.4) is 0 Å². The molecule has 1 aromatic rings. The highest BCUT2D eigenvalue weighted by Gasteiger charge is 2.39. The van der Waals surface area contributed by atoms with E-state index in [4.69, 9.17) is 5.11 Å². The van der Waals surface area contributed by atoms with Crippen LogP contribution in [-0.4, -0.2) is 44.5 Å². The zero-order valence-electron chi connectivity index (χ0n) is 9.11. The van der Waals surface area contributed by atoms with Crippen molar-refractivity contribution < 1.29 is 18.3 Å². The van der Waals surface area contributed by atoms with Gasteiger partial charge in [0.25, 0.3) is 0 Å². The van der Waals surface area contributed by atoms with Crippen LogP contribution in [-0.2, 0) is 19.3 Å². The molecule has 1 aliphatic rings. The van der Waals surface area contributed by atoms with Crippen LogP contribution in [0.4, 0.5) is 13.2 Å². The minimum absolute atomic E-state index is 0.0803. The van der Waals surface area contributed by atoms with Gasteiger partial charge in [0.1, 0.15) is 5.82 Å². The molecule has 0 saturated heterocycles. The van der Waals surface area contributed by atoms with Crippen LogP contribution in [0.1, 0.15) is 18.1 Å². The predicted octanol–water partition coefficient (Wildman–Crippen LogP) is 0.495. The first-order chi connectivity index (χ1) is 8.02. The summed E-state index contributed by atoms with van der Waals surface area (Å²) in [5.41, 5.74) is 0. The average molecular weight is 250 g/mol. The number of hydrogen-bond donors (Lipinski definition) is 1. The van der Waals surface area contributed by atoms with Gasteiger partial charge in [-0.25, -0.2) is 0 Å². The second kappa shape index (κ2) is 4.61. The Bertz CT molecular complexity index is 390. The van der Waals surface area contributed by atoms with E-state index in [9.17, 15) is 13.2 Å². The molecule has 0 bridgehead atoms. The van der Waals surface area contributed by atoms with Gasteiger partial charge in [0.05, 0.1) is 6.54 Å². The Labute approximate surface area is 95.9 Å². The standard InChI is InChI=1S/C9H13F3N4O/c10-9(11,12)8-14-13-7-6-15(2-1-5-17)3-4-16(7)8/h17H,1-6H2. The van der Waals surface area contributed by atoms with Gasteiger partial charge in [-0.2, -0.15) is 13.2 Å². The number of fused-ring (bicyclic) bond motifs is 1. The van der Waals surface area contributed by atoms with Gasteiger partial charge in [0.15, 0.2) is 0 Å². The molecule has 0 fully saturated rings. The summed E-state index contributed by atoms with van der Waals surface area (Å²) in [5.74, 6) is -0.587. The number of aliphatic hydroxyl groups is 1. The summed E-state index contributed by atoms with van der Waals surface area (Å²) < 4.78 is 38.7. The molecule has 1 N–H and O–H groups in total. The number of alkyl halides is 3. The fraction of sp³-hybridized carbons (Fsp3) is 0.778. The average Bonchev–Trinajstić information content (AvgIpc) is 2.68. The maximum absolute atomic E-state index is 12.5. The van der Waals surface area contributed by atoms with Crippen molar-refractivity contribution in [3.05, 3.63) is 11.6 Å². The Morgan fingerprint density at radius 1 is 1.24 bits per heavy atom. The Hall–Kier alpha value is -1.15. The van der Waals surface area contributed by atoms with E-state index < -0.39 is 12.0 Å². The fourth-order valence-electron chi connectivity index (χ4n) is 1.90. The summed E-state index contributed by atoms with van der Waals surface area (Å²) >= 11 is 0. The molecule has 0 spiro atoms. The first kappa shape index (κ1) is 12.3. The van der Waals surface area contributed by atoms with Crippen LogP contribution in [0.2, 0.25) is 0 Å². The highest BCUT2D eigenvalue weighted by Crippen LogP contribution is 2.29. The molecule has 0 amide bonds. The third-order valence-corrected chi connectivity index (χ3v) is 2.72. The van der Waals surface area contributed by atoms with Crippen molar-refractivity contribution in [2.24, 2.45) is 0 Å². The summed E-state index contributed by atoms with van der Waals surface area (Å²) in [5, 5.41) is 15.5. The lowest BCUT2D eigenvalue weighted by Crippen LogP contribution is -2.36. The van der Waals surface area contributed by atoms with Crippen molar-refractivity contribution in [2.45, 2.75) is 25.7 Å². The quantitative estimate of drug-likeness (QED) is 0.848. The van der Waals surface area contributed by atoms with Gasteiger partial charge in [-0.3, -0.25) is 4.90 Å². The Morgan fingerprint density at radius 3 is 2.65 bits per heavy atom. The summed E-state index contributed by atoms with van der Waals surface area (Å²) in [4.78, 5) is 1.96. The molecule has 1 aromatic heterocycles. The van der Waals surface area contributed by atoms with Crippen LogP contribution in [0.25, 0.3) is 0 Å². The molecule has 1 aliphatic heterocycles. The summed E-state index contributed by atoms with van der Waals surface area (Å²) in [7, 11) is 0. The zero-order chi connectivity index (χ0) is 12.5. The molecule has 0 radical (unpaired) electrons. The van der Waals surface area contributed by atoms with E-state index in [0.29, 0.717) is 31.9 Å². The topological polar surface area (TPSA) is 54.2 Å². The highest BCUT2D eigenvalue weighted by molar-refractivity contribution is 5.02. The van der Waals surface area contributed by atoms with E-state index >= 15 is 0 Å². The molecule has 96 valence electrons. The van der Waals surface area contributed by atoms with E-state index in [2.05, 4.69) is 10.2 Å². The summed E-state index contributed by atoms with van der Waals surface area (Å²) in [6.45, 7) is 1.85. The van der Waals surface area contributed by atoms with Crippen molar-refractivity contribution in [3.8, 4) is 0 Å². The number of aliphatic hydroxyl groups excluding tert-OH is 1. The third-order valence-electron chi connectivity index (χ3n) is 2.72. The number of aromatic nitrogens is 3. The van der Waals surface area contributed by atoms with Crippen LogP contribution in [0.15, 0.2) is 0 Å². The monoisotopic (exact) mass is 250 g/mol. The van der Waals surface area contributed by atoms with Gasteiger partial charge >= 0.3 is 6.18 Å². The van der Waals surface area contributed by atoms with Crippen LogP contribution < -0.4 is 0 Å². The molecule has 0 aromatic carbocycles. The van der Waals surface area contributed by atoms with E-state index in [0.717, 1.165) is 4.57 Å².